The second kappa shape index (κ2) is 9.77. The van der Waals surface area contributed by atoms with Crippen LogP contribution in [0.1, 0.15) is 40.2 Å². The Morgan fingerprint density at radius 1 is 0.971 bits per heavy atom. The van der Waals surface area contributed by atoms with Gasteiger partial charge in [0.15, 0.2) is 0 Å². The quantitative estimate of drug-likeness (QED) is 0.520. The Labute approximate surface area is 197 Å². The first-order valence-electron chi connectivity index (χ1n) is 11.3. The fourth-order valence-electron chi connectivity index (χ4n) is 4.40. The van der Waals surface area contributed by atoms with E-state index in [0.717, 1.165) is 29.2 Å². The van der Waals surface area contributed by atoms with Crippen molar-refractivity contribution < 1.29 is 18.4 Å². The number of carbonyl (C=O) groups is 2. The Morgan fingerprint density at radius 2 is 1.62 bits per heavy atom. The van der Waals surface area contributed by atoms with Crippen molar-refractivity contribution in [2.24, 2.45) is 0 Å². The fraction of sp³-hybridized carbons (Fsp3) is 0.308. The summed E-state index contributed by atoms with van der Waals surface area (Å²) in [5.74, 6) is -2.14. The molecular weight excluding hydrogens is 438 g/mol. The van der Waals surface area contributed by atoms with Crippen LogP contribution in [0.2, 0.25) is 0 Å². The van der Waals surface area contributed by atoms with Crippen molar-refractivity contribution in [2.75, 3.05) is 13.1 Å². The van der Waals surface area contributed by atoms with Gasteiger partial charge in [0.1, 0.15) is 17.2 Å². The number of nitrogens with zero attached hydrogens (tertiary/aromatic N) is 1. The molecule has 3 N–H and O–H groups in total. The number of halogens is 2. The normalized spacial score (nSPS) is 15.1. The number of hydrogen-bond donors (Lipinski definition) is 3. The minimum Gasteiger partial charge on any atom is -0.350 e. The zero-order valence-electron chi connectivity index (χ0n) is 19.3. The summed E-state index contributed by atoms with van der Waals surface area (Å²) in [4.78, 5) is 26.3. The number of nitrogens with one attached hydrogen (secondary N) is 3. The molecule has 34 heavy (non-hydrogen) atoms. The Hall–Kier alpha value is -3.52. The summed E-state index contributed by atoms with van der Waals surface area (Å²) >= 11 is 0. The third-order valence-corrected chi connectivity index (χ3v) is 6.36. The molecule has 0 radical (unpaired) electrons. The Bertz CT molecular complexity index is 1180. The van der Waals surface area contributed by atoms with Crippen molar-refractivity contribution in [1.82, 2.24) is 20.5 Å². The van der Waals surface area contributed by atoms with Gasteiger partial charge in [-0.3, -0.25) is 9.59 Å². The SMILES string of the molecule is Cc1ccc(C)n1-c1ccc(C(=O)NC2(C(=O)NCc3ccc(F)cc3F)CCNCC2)cc1. The van der Waals surface area contributed by atoms with Crippen molar-refractivity contribution >= 4 is 11.8 Å². The highest BCUT2D eigenvalue weighted by atomic mass is 19.1. The highest BCUT2D eigenvalue weighted by Gasteiger charge is 2.41. The van der Waals surface area contributed by atoms with E-state index in [-0.39, 0.29) is 23.9 Å². The number of carbonyl (C=O) groups excluding carboxylic acids is 2. The summed E-state index contributed by atoms with van der Waals surface area (Å²) in [5, 5.41) is 8.85. The third-order valence-electron chi connectivity index (χ3n) is 6.36. The molecule has 0 spiro atoms. The minimum atomic E-state index is -1.12. The molecule has 2 amide bonds. The number of hydrogen-bond acceptors (Lipinski definition) is 3. The maximum Gasteiger partial charge on any atom is 0.252 e. The first-order chi connectivity index (χ1) is 16.3. The summed E-state index contributed by atoms with van der Waals surface area (Å²) < 4.78 is 29.2. The first-order valence-corrected chi connectivity index (χ1v) is 11.3. The van der Waals surface area contributed by atoms with Crippen LogP contribution in [0.4, 0.5) is 8.78 Å². The van der Waals surface area contributed by atoms with E-state index in [0.29, 0.717) is 31.5 Å². The number of amides is 2. The molecule has 4 rings (SSSR count). The smallest absolute Gasteiger partial charge is 0.252 e. The van der Waals surface area contributed by atoms with Crippen molar-refractivity contribution in [1.29, 1.82) is 0 Å². The van der Waals surface area contributed by atoms with Crippen LogP contribution in [0.15, 0.2) is 54.6 Å². The van der Waals surface area contributed by atoms with E-state index in [1.807, 2.05) is 38.1 Å². The Balaban J connectivity index is 1.49. The molecule has 1 aliphatic heterocycles. The maximum absolute atomic E-state index is 14.0. The van der Waals surface area contributed by atoms with Crippen LogP contribution in [-0.4, -0.2) is 35.0 Å². The summed E-state index contributed by atoms with van der Waals surface area (Å²) in [6.07, 6.45) is 0.798. The zero-order valence-corrected chi connectivity index (χ0v) is 19.3. The van der Waals surface area contributed by atoms with Crippen LogP contribution in [-0.2, 0) is 11.3 Å². The molecule has 1 saturated heterocycles. The molecule has 1 aliphatic rings. The van der Waals surface area contributed by atoms with Crippen LogP contribution in [0, 0.1) is 25.5 Å². The lowest BCUT2D eigenvalue weighted by molar-refractivity contribution is -0.128. The van der Waals surface area contributed by atoms with Crippen molar-refractivity contribution in [2.45, 2.75) is 38.8 Å². The topological polar surface area (TPSA) is 75.2 Å². The lowest BCUT2D eigenvalue weighted by Gasteiger charge is -2.37. The van der Waals surface area contributed by atoms with Gasteiger partial charge < -0.3 is 20.5 Å². The molecule has 1 fully saturated rings. The van der Waals surface area contributed by atoms with E-state index in [2.05, 4.69) is 20.5 Å². The molecule has 0 bridgehead atoms. The van der Waals surface area contributed by atoms with E-state index in [1.165, 1.54) is 6.07 Å². The van der Waals surface area contributed by atoms with Gasteiger partial charge >= 0.3 is 0 Å². The largest absolute Gasteiger partial charge is 0.350 e. The number of aromatic nitrogens is 1. The van der Waals surface area contributed by atoms with Gasteiger partial charge in [-0.15, -0.1) is 0 Å². The zero-order chi connectivity index (χ0) is 24.3. The molecule has 0 unspecified atom stereocenters. The Morgan fingerprint density at radius 3 is 2.24 bits per heavy atom. The highest BCUT2D eigenvalue weighted by molar-refractivity contribution is 5.99. The molecule has 8 heteroatoms. The van der Waals surface area contributed by atoms with E-state index >= 15 is 0 Å². The molecule has 0 aliphatic carbocycles. The molecule has 3 aromatic rings. The molecule has 2 aromatic carbocycles. The standard InChI is InChI=1S/C26H28F2N4O2/c1-17-3-4-18(2)32(17)22-9-6-19(7-10-22)24(33)31-26(11-13-29-14-12-26)25(34)30-16-20-5-8-21(27)15-23(20)28/h3-10,15,29H,11-14,16H2,1-2H3,(H,30,34)(H,31,33). The van der Waals surface area contributed by atoms with Gasteiger partial charge in [0.25, 0.3) is 5.91 Å². The predicted octanol–water partition coefficient (Wildman–Crippen LogP) is 3.54. The number of benzene rings is 2. The lowest BCUT2D eigenvalue weighted by Crippen LogP contribution is -2.62. The molecule has 0 saturated carbocycles. The number of rotatable bonds is 6. The number of aryl methyl sites for hydroxylation is 2. The average molecular weight is 467 g/mol. The van der Waals surface area contributed by atoms with Crippen LogP contribution < -0.4 is 16.0 Å². The fourth-order valence-corrected chi connectivity index (χ4v) is 4.40. The third kappa shape index (κ3) is 4.87. The van der Waals surface area contributed by atoms with E-state index in [9.17, 15) is 18.4 Å². The van der Waals surface area contributed by atoms with Gasteiger partial charge in [-0.2, -0.15) is 0 Å². The van der Waals surface area contributed by atoms with Gasteiger partial charge in [0.2, 0.25) is 5.91 Å². The highest BCUT2D eigenvalue weighted by Crippen LogP contribution is 2.22. The average Bonchev–Trinajstić information content (AvgIpc) is 3.16. The van der Waals surface area contributed by atoms with Gasteiger partial charge in [-0.05, 0) is 82.2 Å². The molecule has 6 nitrogen and oxygen atoms in total. The second-order valence-electron chi connectivity index (χ2n) is 8.70. The van der Waals surface area contributed by atoms with E-state index in [1.54, 1.807) is 12.1 Å². The van der Waals surface area contributed by atoms with Crippen molar-refractivity contribution in [3.63, 3.8) is 0 Å². The lowest BCUT2D eigenvalue weighted by atomic mass is 9.86. The van der Waals surface area contributed by atoms with Gasteiger partial charge in [-0.25, -0.2) is 8.78 Å². The van der Waals surface area contributed by atoms with Gasteiger partial charge in [-0.1, -0.05) is 6.07 Å². The summed E-state index contributed by atoms with van der Waals surface area (Å²) in [6, 6.07) is 14.5. The molecule has 2 heterocycles. The minimum absolute atomic E-state index is 0.0970. The summed E-state index contributed by atoms with van der Waals surface area (Å²) in [6.45, 7) is 5.06. The molecule has 0 atom stereocenters. The predicted molar refractivity (Wildman–Crippen MR) is 126 cm³/mol. The monoisotopic (exact) mass is 466 g/mol. The van der Waals surface area contributed by atoms with Gasteiger partial charge in [0, 0.05) is 40.8 Å². The van der Waals surface area contributed by atoms with Crippen molar-refractivity contribution in [3.8, 4) is 5.69 Å². The maximum atomic E-state index is 14.0. The van der Waals surface area contributed by atoms with Crippen LogP contribution in [0.3, 0.4) is 0 Å². The Kier molecular flexibility index (Phi) is 6.79. The van der Waals surface area contributed by atoms with Gasteiger partial charge in [0.05, 0.1) is 0 Å². The van der Waals surface area contributed by atoms with Crippen LogP contribution in [0.5, 0.6) is 0 Å². The summed E-state index contributed by atoms with van der Waals surface area (Å²) in [5.41, 5.74) is 2.64. The van der Waals surface area contributed by atoms with Crippen LogP contribution in [0.25, 0.3) is 5.69 Å². The van der Waals surface area contributed by atoms with E-state index in [4.69, 9.17) is 0 Å². The van der Waals surface area contributed by atoms with Crippen LogP contribution >= 0.6 is 0 Å². The molecule has 1 aromatic heterocycles. The molecule has 178 valence electrons. The molecular formula is C26H28F2N4O2. The summed E-state index contributed by atoms with van der Waals surface area (Å²) in [7, 11) is 0. The second-order valence-corrected chi connectivity index (χ2v) is 8.70. The van der Waals surface area contributed by atoms with Crippen molar-refractivity contribution in [3.05, 3.63) is 88.7 Å². The first kappa shape index (κ1) is 23.6. The van der Waals surface area contributed by atoms with E-state index < -0.39 is 17.2 Å². The number of piperidine rings is 1.